The van der Waals surface area contributed by atoms with Gasteiger partial charge >= 0.3 is 0 Å². The lowest BCUT2D eigenvalue weighted by Crippen LogP contribution is -2.38. The van der Waals surface area contributed by atoms with Crippen molar-refractivity contribution in [3.63, 3.8) is 0 Å². The maximum atomic E-state index is 13.9. The van der Waals surface area contributed by atoms with Crippen LogP contribution < -0.4 is 0 Å². The molecule has 3 rings (SSSR count). The highest BCUT2D eigenvalue weighted by Gasteiger charge is 2.33. The molecule has 0 N–H and O–H groups in total. The molecule has 5 nitrogen and oxygen atoms in total. The molecule has 2 atom stereocenters. The first-order chi connectivity index (χ1) is 11.1. The Morgan fingerprint density at radius 1 is 1.39 bits per heavy atom. The fourth-order valence-corrected chi connectivity index (χ4v) is 3.26. The quantitative estimate of drug-likeness (QED) is 0.815. The summed E-state index contributed by atoms with van der Waals surface area (Å²) in [5.41, 5.74) is 1.18. The summed E-state index contributed by atoms with van der Waals surface area (Å²) in [7, 11) is 4.06. The van der Waals surface area contributed by atoms with Crippen molar-refractivity contribution < 1.29 is 4.39 Å². The van der Waals surface area contributed by atoms with E-state index in [0.29, 0.717) is 19.5 Å². The lowest BCUT2D eigenvalue weighted by molar-refractivity contribution is 0.176. The molecule has 0 spiro atoms. The van der Waals surface area contributed by atoms with Gasteiger partial charge in [0.1, 0.15) is 12.0 Å². The van der Waals surface area contributed by atoms with Gasteiger partial charge in [-0.1, -0.05) is 6.07 Å². The molecular weight excluding hydrogens is 293 g/mol. The molecule has 0 bridgehead atoms. The summed E-state index contributed by atoms with van der Waals surface area (Å²) in [5.74, 6) is 0.985. The third kappa shape index (κ3) is 4.14. The number of pyridine rings is 1. The van der Waals surface area contributed by atoms with E-state index in [4.69, 9.17) is 0 Å². The summed E-state index contributed by atoms with van der Waals surface area (Å²) in [6.07, 6.45) is 7.25. The maximum absolute atomic E-state index is 13.9. The first-order valence-electron chi connectivity index (χ1n) is 8.03. The van der Waals surface area contributed by atoms with Crippen LogP contribution in [0.15, 0.2) is 36.9 Å². The number of hydrogen-bond acceptors (Lipinski definition) is 4. The number of nitrogens with zero attached hydrogens (tertiary/aromatic N) is 5. The molecule has 0 unspecified atom stereocenters. The van der Waals surface area contributed by atoms with Crippen molar-refractivity contribution in [2.24, 2.45) is 7.05 Å². The van der Waals surface area contributed by atoms with Crippen molar-refractivity contribution in [1.29, 1.82) is 0 Å². The Labute approximate surface area is 136 Å². The number of halogens is 1. The molecule has 2 aromatic heterocycles. The molecular formula is C17H24FN5. The number of aromatic nitrogens is 3. The Kier molecular flexibility index (Phi) is 5.03. The highest BCUT2D eigenvalue weighted by Crippen LogP contribution is 2.23. The van der Waals surface area contributed by atoms with E-state index < -0.39 is 6.17 Å². The van der Waals surface area contributed by atoms with Crippen LogP contribution in [0.4, 0.5) is 4.39 Å². The molecule has 3 heterocycles. The zero-order valence-electron chi connectivity index (χ0n) is 13.8. The Bertz CT molecular complexity index is 614. The summed E-state index contributed by atoms with van der Waals surface area (Å²) in [6.45, 7) is 2.88. The summed E-state index contributed by atoms with van der Waals surface area (Å²) in [5, 5.41) is 0. The molecule has 0 aromatic carbocycles. The van der Waals surface area contributed by atoms with Crippen LogP contribution in [0.1, 0.15) is 17.8 Å². The van der Waals surface area contributed by atoms with Crippen molar-refractivity contribution >= 4 is 0 Å². The SMILES string of the molecule is CN(Cc1cccnc1)C[C@@H]1C[C@H](F)CN1Cc1nccn1C. The van der Waals surface area contributed by atoms with Gasteiger partial charge in [-0.2, -0.15) is 0 Å². The van der Waals surface area contributed by atoms with Gasteiger partial charge in [-0.15, -0.1) is 0 Å². The van der Waals surface area contributed by atoms with Crippen LogP contribution in [0.5, 0.6) is 0 Å². The first kappa shape index (κ1) is 16.1. The van der Waals surface area contributed by atoms with Gasteiger partial charge in [0.2, 0.25) is 0 Å². The molecule has 124 valence electrons. The van der Waals surface area contributed by atoms with Crippen molar-refractivity contribution in [2.45, 2.75) is 31.7 Å². The van der Waals surface area contributed by atoms with Crippen molar-refractivity contribution in [3.05, 3.63) is 48.3 Å². The lowest BCUT2D eigenvalue weighted by atomic mass is 10.2. The Morgan fingerprint density at radius 3 is 2.96 bits per heavy atom. The van der Waals surface area contributed by atoms with E-state index in [1.807, 2.05) is 30.1 Å². The molecule has 0 aliphatic carbocycles. The second kappa shape index (κ2) is 7.19. The number of alkyl halides is 1. The molecule has 1 fully saturated rings. The minimum atomic E-state index is -0.743. The molecule has 1 saturated heterocycles. The van der Waals surface area contributed by atoms with Crippen LogP contribution in [0.25, 0.3) is 0 Å². The first-order valence-corrected chi connectivity index (χ1v) is 8.03. The van der Waals surface area contributed by atoms with Gasteiger partial charge in [-0.05, 0) is 25.1 Å². The zero-order chi connectivity index (χ0) is 16.2. The average molecular weight is 317 g/mol. The topological polar surface area (TPSA) is 37.2 Å². The Balaban J connectivity index is 1.59. The van der Waals surface area contributed by atoms with Crippen LogP contribution in [0.3, 0.4) is 0 Å². The van der Waals surface area contributed by atoms with Crippen molar-refractivity contribution in [1.82, 2.24) is 24.3 Å². The number of hydrogen-bond donors (Lipinski definition) is 0. The fourth-order valence-electron chi connectivity index (χ4n) is 3.26. The number of likely N-dealkylation sites (tertiary alicyclic amines) is 1. The van der Waals surface area contributed by atoms with Crippen LogP contribution >= 0.6 is 0 Å². The van der Waals surface area contributed by atoms with Gasteiger partial charge in [0.15, 0.2) is 0 Å². The predicted molar refractivity (Wildman–Crippen MR) is 87.5 cm³/mol. The zero-order valence-corrected chi connectivity index (χ0v) is 13.8. The molecule has 0 amide bonds. The highest BCUT2D eigenvalue weighted by atomic mass is 19.1. The fraction of sp³-hybridized carbons (Fsp3) is 0.529. The van der Waals surface area contributed by atoms with Gasteiger partial charge in [-0.25, -0.2) is 9.37 Å². The molecule has 23 heavy (non-hydrogen) atoms. The van der Waals surface area contributed by atoms with Crippen LogP contribution in [0.2, 0.25) is 0 Å². The number of rotatable bonds is 6. The van der Waals surface area contributed by atoms with E-state index in [2.05, 4.69) is 32.9 Å². The van der Waals surface area contributed by atoms with Crippen molar-refractivity contribution in [3.8, 4) is 0 Å². The van der Waals surface area contributed by atoms with Gasteiger partial charge in [-0.3, -0.25) is 9.88 Å². The Morgan fingerprint density at radius 2 is 2.26 bits per heavy atom. The van der Waals surface area contributed by atoms with E-state index in [1.165, 1.54) is 5.56 Å². The standard InChI is InChI=1S/C17H24FN5/c1-21(10-14-4-3-5-19-9-14)12-16-8-15(18)11-23(16)13-17-20-6-7-22(17)2/h3-7,9,15-16H,8,10-13H2,1-2H3/t15-,16-/m0/s1. The minimum absolute atomic E-state index is 0.225. The second-order valence-corrected chi connectivity index (χ2v) is 6.43. The van der Waals surface area contributed by atoms with E-state index in [-0.39, 0.29) is 6.04 Å². The van der Waals surface area contributed by atoms with Crippen LogP contribution in [0, 0.1) is 0 Å². The van der Waals surface area contributed by atoms with Gasteiger partial charge in [0.25, 0.3) is 0 Å². The normalized spacial score (nSPS) is 22.1. The third-order valence-corrected chi connectivity index (χ3v) is 4.44. The lowest BCUT2D eigenvalue weighted by Gasteiger charge is -2.28. The highest BCUT2D eigenvalue weighted by molar-refractivity contribution is 5.08. The predicted octanol–water partition coefficient (Wildman–Crippen LogP) is 1.86. The summed E-state index contributed by atoms with van der Waals surface area (Å²) >= 11 is 0. The minimum Gasteiger partial charge on any atom is -0.337 e. The summed E-state index contributed by atoms with van der Waals surface area (Å²) in [4.78, 5) is 13.0. The largest absolute Gasteiger partial charge is 0.337 e. The molecule has 6 heteroatoms. The van der Waals surface area contributed by atoms with Gasteiger partial charge in [0, 0.05) is 57.5 Å². The summed E-state index contributed by atoms with van der Waals surface area (Å²) < 4.78 is 15.9. The van der Waals surface area contributed by atoms with Gasteiger partial charge in [0.05, 0.1) is 6.54 Å². The third-order valence-electron chi connectivity index (χ3n) is 4.44. The molecule has 1 aliphatic heterocycles. The number of imidazole rings is 1. The van der Waals surface area contributed by atoms with E-state index >= 15 is 0 Å². The molecule has 1 aliphatic rings. The molecule has 2 aromatic rings. The van der Waals surface area contributed by atoms with Crippen LogP contribution in [-0.2, 0) is 20.1 Å². The molecule has 0 saturated carbocycles. The van der Waals surface area contributed by atoms with Crippen LogP contribution in [-0.4, -0.2) is 56.7 Å². The number of likely N-dealkylation sites (N-methyl/N-ethyl adjacent to an activating group) is 1. The monoisotopic (exact) mass is 317 g/mol. The average Bonchev–Trinajstić information content (AvgIpc) is 3.07. The van der Waals surface area contributed by atoms with E-state index in [0.717, 1.165) is 18.9 Å². The van der Waals surface area contributed by atoms with Gasteiger partial charge < -0.3 is 9.47 Å². The summed E-state index contributed by atoms with van der Waals surface area (Å²) in [6, 6.07) is 4.24. The smallest absolute Gasteiger partial charge is 0.122 e. The van der Waals surface area contributed by atoms with E-state index in [9.17, 15) is 4.39 Å². The maximum Gasteiger partial charge on any atom is 0.122 e. The Hall–Kier alpha value is -1.79. The molecule has 0 radical (unpaired) electrons. The second-order valence-electron chi connectivity index (χ2n) is 6.43. The number of aryl methyl sites for hydroxylation is 1. The van der Waals surface area contributed by atoms with E-state index in [1.54, 1.807) is 12.4 Å². The van der Waals surface area contributed by atoms with Crippen molar-refractivity contribution in [2.75, 3.05) is 20.1 Å².